The van der Waals surface area contributed by atoms with Gasteiger partial charge >= 0.3 is 0 Å². The highest BCUT2D eigenvalue weighted by atomic mass is 16.8. The molecule has 3 aliphatic heterocycles. The minimum Gasteiger partial charge on any atom is -0.394 e. The quantitative estimate of drug-likeness (QED) is 0.0257. The number of carbonyl (C=O) groups is 1. The van der Waals surface area contributed by atoms with E-state index in [4.69, 9.17) is 28.4 Å². The average molecular weight is 1190 g/mol. The predicted molar refractivity (Wildman–Crippen MR) is 319 cm³/mol. The molecule has 0 aromatic carbocycles. The second kappa shape index (κ2) is 47.7. The van der Waals surface area contributed by atoms with Crippen molar-refractivity contribution in [3.05, 3.63) is 0 Å². The van der Waals surface area contributed by atoms with Crippen LogP contribution in [0.25, 0.3) is 0 Å². The van der Waals surface area contributed by atoms with Gasteiger partial charge in [0.1, 0.15) is 73.2 Å². The van der Waals surface area contributed by atoms with E-state index in [-0.39, 0.29) is 18.9 Å². The van der Waals surface area contributed by atoms with E-state index >= 15 is 0 Å². The molecule has 0 spiro atoms. The van der Waals surface area contributed by atoms with Crippen molar-refractivity contribution in [2.75, 3.05) is 26.4 Å². The lowest BCUT2D eigenvalue weighted by atomic mass is 9.96. The molecular formula is C64H123NO18. The molecule has 17 unspecified atom stereocenters. The lowest BCUT2D eigenvalue weighted by Crippen LogP contribution is -2.66. The maximum absolute atomic E-state index is 13.3. The van der Waals surface area contributed by atoms with Gasteiger partial charge in [-0.05, 0) is 12.8 Å². The molecule has 3 aliphatic rings. The minimum atomic E-state index is -1.97. The molecule has 12 N–H and O–H groups in total. The largest absolute Gasteiger partial charge is 0.394 e. The van der Waals surface area contributed by atoms with Crippen LogP contribution in [0.4, 0.5) is 0 Å². The Hall–Kier alpha value is -1.21. The molecule has 3 saturated heterocycles. The third kappa shape index (κ3) is 30.7. The van der Waals surface area contributed by atoms with Gasteiger partial charge in [-0.2, -0.15) is 0 Å². The summed E-state index contributed by atoms with van der Waals surface area (Å²) in [6.45, 7) is 1.79. The molecule has 0 radical (unpaired) electrons. The summed E-state index contributed by atoms with van der Waals surface area (Å²) in [5, 5.41) is 120. The Bertz CT molecular complexity index is 1520. The number of rotatable bonds is 52. The molecule has 0 bridgehead atoms. The molecule has 3 fully saturated rings. The van der Waals surface area contributed by atoms with E-state index < -0.39 is 124 Å². The Labute approximate surface area is 500 Å². The number of aliphatic hydroxyl groups is 11. The second-order valence-electron chi connectivity index (χ2n) is 24.7. The molecule has 17 atom stereocenters. The summed E-state index contributed by atoms with van der Waals surface area (Å²) < 4.78 is 34.3. The highest BCUT2D eigenvalue weighted by molar-refractivity contribution is 5.76. The fourth-order valence-electron chi connectivity index (χ4n) is 11.9. The Balaban J connectivity index is 1.36. The summed E-state index contributed by atoms with van der Waals surface area (Å²) >= 11 is 0. The molecule has 3 rings (SSSR count). The first-order chi connectivity index (χ1) is 40.3. The lowest BCUT2D eigenvalue weighted by molar-refractivity contribution is -0.379. The molecule has 492 valence electrons. The summed E-state index contributed by atoms with van der Waals surface area (Å²) in [6, 6.07) is -0.879. The van der Waals surface area contributed by atoms with Crippen LogP contribution in [0.5, 0.6) is 0 Å². The maximum atomic E-state index is 13.3. The Morgan fingerprint density at radius 1 is 0.386 bits per heavy atom. The second-order valence-corrected chi connectivity index (χ2v) is 24.7. The number of carbonyl (C=O) groups excluding carboxylic acids is 1. The standard InChI is InChI=1S/C64H123NO18/c1-3-5-7-9-11-13-14-15-16-17-18-19-20-21-22-23-24-25-26-27-28-29-30-31-32-34-35-37-39-41-48(69)47(65-52(70)42-40-38-36-33-12-10-8-6-4-2)46-78-62-58(76)55(73)60(50(44-67)80-62)83-64-59(77)56(74)61(51(45-68)81-64)82-63-57(75)54(72)53(71)49(43-66)79-63/h47-51,53-64,66-69,71-77H,3-46H2,1-2H3,(H,65,70). The van der Waals surface area contributed by atoms with Gasteiger partial charge in [0.2, 0.25) is 5.91 Å². The van der Waals surface area contributed by atoms with Crippen molar-refractivity contribution in [3.63, 3.8) is 0 Å². The number of amides is 1. The first kappa shape index (κ1) is 76.0. The van der Waals surface area contributed by atoms with Gasteiger partial charge in [0.15, 0.2) is 18.9 Å². The van der Waals surface area contributed by atoms with E-state index in [2.05, 4.69) is 19.2 Å². The highest BCUT2D eigenvalue weighted by Gasteiger charge is 2.53. The molecule has 83 heavy (non-hydrogen) atoms. The first-order valence-corrected chi connectivity index (χ1v) is 33.8. The van der Waals surface area contributed by atoms with Crippen LogP contribution in [-0.4, -0.2) is 193 Å². The van der Waals surface area contributed by atoms with E-state index in [9.17, 15) is 61.0 Å². The molecule has 1 amide bonds. The summed E-state index contributed by atoms with van der Waals surface area (Å²) in [5.74, 6) is -0.242. The van der Waals surface area contributed by atoms with E-state index in [0.29, 0.717) is 12.8 Å². The van der Waals surface area contributed by atoms with Crippen molar-refractivity contribution >= 4 is 5.91 Å². The molecule has 19 heteroatoms. The van der Waals surface area contributed by atoms with E-state index in [0.717, 1.165) is 44.9 Å². The first-order valence-electron chi connectivity index (χ1n) is 33.8. The van der Waals surface area contributed by atoms with Gasteiger partial charge < -0.3 is 89.9 Å². The zero-order valence-electron chi connectivity index (χ0n) is 51.7. The van der Waals surface area contributed by atoms with Gasteiger partial charge in [-0.1, -0.05) is 251 Å². The minimum absolute atomic E-state index is 0.242. The van der Waals surface area contributed by atoms with Gasteiger partial charge in [-0.3, -0.25) is 4.79 Å². The Kier molecular flexibility index (Phi) is 43.7. The van der Waals surface area contributed by atoms with E-state index in [1.54, 1.807) is 0 Å². The fraction of sp³-hybridized carbons (Fsp3) is 0.984. The van der Waals surface area contributed by atoms with Gasteiger partial charge in [0.25, 0.3) is 0 Å². The number of hydrogen-bond donors (Lipinski definition) is 12. The topological polar surface area (TPSA) is 307 Å². The SMILES string of the molecule is CCCCCCCCCCCCCCCCCCCCCCCCCCCCCCCC(O)C(COC1OC(CO)C(OC2OC(CO)C(OC3OC(CO)C(O)C(O)C3O)C(O)C2O)C(O)C1O)NC(=O)CCCCCCCCCCC. The van der Waals surface area contributed by atoms with Crippen LogP contribution in [0.15, 0.2) is 0 Å². The number of nitrogens with one attached hydrogen (secondary N) is 1. The normalized spacial score (nSPS) is 29.3. The molecule has 3 heterocycles. The summed E-state index contributed by atoms with van der Waals surface area (Å²) in [4.78, 5) is 13.3. The third-order valence-electron chi connectivity index (χ3n) is 17.4. The molecule has 19 nitrogen and oxygen atoms in total. The van der Waals surface area contributed by atoms with Crippen LogP contribution in [0.1, 0.15) is 271 Å². The average Bonchev–Trinajstić information content (AvgIpc) is 3.32. The summed E-state index contributed by atoms with van der Waals surface area (Å²) in [6.07, 6.45) is 22.3. The number of ether oxygens (including phenoxy) is 6. The van der Waals surface area contributed by atoms with Crippen LogP contribution in [0, 0.1) is 0 Å². The van der Waals surface area contributed by atoms with Crippen molar-refractivity contribution in [2.45, 2.75) is 375 Å². The van der Waals surface area contributed by atoms with Crippen LogP contribution >= 0.6 is 0 Å². The monoisotopic (exact) mass is 1190 g/mol. The Morgan fingerprint density at radius 2 is 0.687 bits per heavy atom. The van der Waals surface area contributed by atoms with Crippen LogP contribution in [0.3, 0.4) is 0 Å². The zero-order chi connectivity index (χ0) is 60.5. The van der Waals surface area contributed by atoms with Crippen molar-refractivity contribution in [3.8, 4) is 0 Å². The zero-order valence-corrected chi connectivity index (χ0v) is 51.7. The number of hydrogen-bond acceptors (Lipinski definition) is 18. The predicted octanol–water partition coefficient (Wildman–Crippen LogP) is 7.94. The van der Waals surface area contributed by atoms with Gasteiger partial charge in [-0.25, -0.2) is 0 Å². The van der Waals surface area contributed by atoms with Crippen LogP contribution in [-0.2, 0) is 33.2 Å². The van der Waals surface area contributed by atoms with Gasteiger partial charge in [0.05, 0.1) is 38.6 Å². The van der Waals surface area contributed by atoms with Crippen molar-refractivity contribution in [1.29, 1.82) is 0 Å². The van der Waals surface area contributed by atoms with Crippen LogP contribution in [0.2, 0.25) is 0 Å². The smallest absolute Gasteiger partial charge is 0.220 e. The molecule has 0 saturated carbocycles. The van der Waals surface area contributed by atoms with Crippen molar-refractivity contribution < 1.29 is 89.4 Å². The Morgan fingerprint density at radius 3 is 1.05 bits per heavy atom. The van der Waals surface area contributed by atoms with E-state index in [1.807, 2.05) is 0 Å². The maximum Gasteiger partial charge on any atom is 0.220 e. The van der Waals surface area contributed by atoms with Gasteiger partial charge in [0, 0.05) is 6.42 Å². The number of unbranched alkanes of at least 4 members (excludes halogenated alkanes) is 36. The molecule has 0 aromatic heterocycles. The number of aliphatic hydroxyl groups excluding tert-OH is 11. The summed E-state index contributed by atoms with van der Waals surface area (Å²) in [5.41, 5.74) is 0. The summed E-state index contributed by atoms with van der Waals surface area (Å²) in [7, 11) is 0. The molecule has 0 aromatic rings. The fourth-order valence-corrected chi connectivity index (χ4v) is 11.9. The molecule has 0 aliphatic carbocycles. The third-order valence-corrected chi connectivity index (χ3v) is 17.4. The van der Waals surface area contributed by atoms with Gasteiger partial charge in [-0.15, -0.1) is 0 Å². The van der Waals surface area contributed by atoms with Crippen LogP contribution < -0.4 is 5.32 Å². The van der Waals surface area contributed by atoms with Crippen molar-refractivity contribution in [2.24, 2.45) is 0 Å². The van der Waals surface area contributed by atoms with Crippen molar-refractivity contribution in [1.82, 2.24) is 5.32 Å². The van der Waals surface area contributed by atoms with E-state index in [1.165, 1.54) is 193 Å². The highest BCUT2D eigenvalue weighted by Crippen LogP contribution is 2.33. The molecular weight excluding hydrogens is 1070 g/mol. The lowest BCUT2D eigenvalue weighted by Gasteiger charge is -2.48.